The number of aromatic amines is 1. The highest BCUT2D eigenvalue weighted by Crippen LogP contribution is 2.10. The summed E-state index contributed by atoms with van der Waals surface area (Å²) in [5, 5.41) is 3.42. The van der Waals surface area contributed by atoms with Gasteiger partial charge < -0.3 is 15.0 Å². The number of aromatic nitrogens is 2. The van der Waals surface area contributed by atoms with Crippen molar-refractivity contribution in [3.05, 3.63) is 27.4 Å². The van der Waals surface area contributed by atoms with Gasteiger partial charge in [0.2, 0.25) is 0 Å². The van der Waals surface area contributed by atoms with E-state index in [0.717, 1.165) is 57.1 Å². The van der Waals surface area contributed by atoms with E-state index in [9.17, 15) is 4.79 Å². The van der Waals surface area contributed by atoms with Crippen LogP contribution in [0.15, 0.2) is 4.79 Å². The average Bonchev–Trinajstić information content (AvgIpc) is 2.43. The SMILES string of the molecule is Cc1nc(C)c(C(C)NCCCN2CCOCC2)c(=O)[nH]1. The van der Waals surface area contributed by atoms with Gasteiger partial charge in [0.1, 0.15) is 5.82 Å². The number of morpholine rings is 1. The molecule has 2 rings (SSSR count). The van der Waals surface area contributed by atoms with Crippen LogP contribution in [0.1, 0.15) is 36.5 Å². The molecule has 21 heavy (non-hydrogen) atoms. The summed E-state index contributed by atoms with van der Waals surface area (Å²) >= 11 is 0. The molecule has 0 bridgehead atoms. The summed E-state index contributed by atoms with van der Waals surface area (Å²) in [5.74, 6) is 0.667. The molecule has 6 nitrogen and oxygen atoms in total. The molecule has 2 heterocycles. The van der Waals surface area contributed by atoms with Gasteiger partial charge in [-0.2, -0.15) is 0 Å². The Bertz CT molecular complexity index is 509. The van der Waals surface area contributed by atoms with Crippen molar-refractivity contribution in [2.24, 2.45) is 0 Å². The minimum atomic E-state index is -0.0341. The normalized spacial score (nSPS) is 17.9. The average molecular weight is 294 g/mol. The summed E-state index contributed by atoms with van der Waals surface area (Å²) in [6.07, 6.45) is 1.07. The summed E-state index contributed by atoms with van der Waals surface area (Å²) in [6.45, 7) is 11.4. The largest absolute Gasteiger partial charge is 0.379 e. The zero-order chi connectivity index (χ0) is 15.2. The predicted octanol–water partition coefficient (Wildman–Crippen LogP) is 0.760. The molecule has 1 atom stereocenters. The third-order valence-electron chi connectivity index (χ3n) is 3.90. The molecule has 1 aromatic rings. The number of hydrogen-bond donors (Lipinski definition) is 2. The van der Waals surface area contributed by atoms with Gasteiger partial charge in [-0.3, -0.25) is 9.69 Å². The van der Waals surface area contributed by atoms with Gasteiger partial charge >= 0.3 is 0 Å². The van der Waals surface area contributed by atoms with Gasteiger partial charge in [-0.25, -0.2) is 4.98 Å². The fourth-order valence-corrected chi connectivity index (χ4v) is 2.79. The van der Waals surface area contributed by atoms with Crippen molar-refractivity contribution in [1.29, 1.82) is 0 Å². The second-order valence-corrected chi connectivity index (χ2v) is 5.63. The molecule has 2 N–H and O–H groups in total. The van der Waals surface area contributed by atoms with Crippen LogP contribution in [0.4, 0.5) is 0 Å². The predicted molar refractivity (Wildman–Crippen MR) is 82.6 cm³/mol. The molecule has 0 saturated carbocycles. The maximum Gasteiger partial charge on any atom is 0.255 e. The Morgan fingerprint density at radius 3 is 2.76 bits per heavy atom. The lowest BCUT2D eigenvalue weighted by atomic mass is 10.1. The second kappa shape index (κ2) is 7.68. The van der Waals surface area contributed by atoms with E-state index in [1.165, 1.54) is 0 Å². The maximum absolute atomic E-state index is 12.0. The van der Waals surface area contributed by atoms with Crippen LogP contribution in [0.25, 0.3) is 0 Å². The molecule has 0 radical (unpaired) electrons. The van der Waals surface area contributed by atoms with E-state index in [1.54, 1.807) is 6.92 Å². The van der Waals surface area contributed by atoms with Crippen LogP contribution in [0.5, 0.6) is 0 Å². The minimum absolute atomic E-state index is 0.0199. The van der Waals surface area contributed by atoms with Crippen molar-refractivity contribution >= 4 is 0 Å². The monoisotopic (exact) mass is 294 g/mol. The zero-order valence-corrected chi connectivity index (χ0v) is 13.2. The molecule has 1 aliphatic heterocycles. The molecule has 1 saturated heterocycles. The number of ether oxygens (including phenoxy) is 1. The molecule has 1 fully saturated rings. The van der Waals surface area contributed by atoms with E-state index < -0.39 is 0 Å². The van der Waals surface area contributed by atoms with Gasteiger partial charge in [0.15, 0.2) is 0 Å². The minimum Gasteiger partial charge on any atom is -0.379 e. The van der Waals surface area contributed by atoms with Gasteiger partial charge in [-0.15, -0.1) is 0 Å². The first-order valence-electron chi connectivity index (χ1n) is 7.69. The molecule has 0 amide bonds. The third-order valence-corrected chi connectivity index (χ3v) is 3.90. The lowest BCUT2D eigenvalue weighted by molar-refractivity contribution is 0.0374. The smallest absolute Gasteiger partial charge is 0.255 e. The van der Waals surface area contributed by atoms with Crippen LogP contribution in [0.3, 0.4) is 0 Å². The number of nitrogens with one attached hydrogen (secondary N) is 2. The zero-order valence-electron chi connectivity index (χ0n) is 13.2. The van der Waals surface area contributed by atoms with Crippen LogP contribution < -0.4 is 10.9 Å². The molecule has 1 aromatic heterocycles. The molecule has 0 aliphatic carbocycles. The Morgan fingerprint density at radius 1 is 1.38 bits per heavy atom. The van der Waals surface area contributed by atoms with Gasteiger partial charge in [0, 0.05) is 24.8 Å². The Labute approximate surface area is 125 Å². The van der Waals surface area contributed by atoms with E-state index in [0.29, 0.717) is 5.82 Å². The molecule has 6 heteroatoms. The van der Waals surface area contributed by atoms with Crippen molar-refractivity contribution in [2.45, 2.75) is 33.2 Å². The fraction of sp³-hybridized carbons (Fsp3) is 0.733. The Balaban J connectivity index is 1.79. The highest BCUT2D eigenvalue weighted by molar-refractivity contribution is 5.19. The Kier molecular flexibility index (Phi) is 5.90. The quantitative estimate of drug-likeness (QED) is 0.758. The van der Waals surface area contributed by atoms with Gasteiger partial charge in [-0.05, 0) is 40.3 Å². The fourth-order valence-electron chi connectivity index (χ4n) is 2.79. The summed E-state index contributed by atoms with van der Waals surface area (Å²) in [6, 6.07) is 0.0199. The molecule has 1 unspecified atom stereocenters. The summed E-state index contributed by atoms with van der Waals surface area (Å²) in [5.41, 5.74) is 1.52. The van der Waals surface area contributed by atoms with E-state index in [-0.39, 0.29) is 11.6 Å². The lowest BCUT2D eigenvalue weighted by Crippen LogP contribution is -2.38. The maximum atomic E-state index is 12.0. The van der Waals surface area contributed by atoms with Crippen molar-refractivity contribution in [3.63, 3.8) is 0 Å². The highest BCUT2D eigenvalue weighted by atomic mass is 16.5. The highest BCUT2D eigenvalue weighted by Gasteiger charge is 2.14. The number of H-pyrrole nitrogens is 1. The summed E-state index contributed by atoms with van der Waals surface area (Å²) in [4.78, 5) is 21.6. The number of aryl methyl sites for hydroxylation is 2. The van der Waals surface area contributed by atoms with E-state index in [4.69, 9.17) is 4.74 Å². The Hall–Kier alpha value is -1.24. The van der Waals surface area contributed by atoms with Crippen LogP contribution in [-0.4, -0.2) is 54.3 Å². The van der Waals surface area contributed by atoms with E-state index in [2.05, 4.69) is 20.2 Å². The summed E-state index contributed by atoms with van der Waals surface area (Å²) in [7, 11) is 0. The number of hydrogen-bond acceptors (Lipinski definition) is 5. The number of nitrogens with zero attached hydrogens (tertiary/aromatic N) is 2. The van der Waals surface area contributed by atoms with Crippen molar-refractivity contribution < 1.29 is 4.74 Å². The second-order valence-electron chi connectivity index (χ2n) is 5.63. The molecule has 0 aromatic carbocycles. The van der Waals surface area contributed by atoms with Gasteiger partial charge in [0.05, 0.1) is 18.8 Å². The topological polar surface area (TPSA) is 70.2 Å². The van der Waals surface area contributed by atoms with Crippen LogP contribution in [0.2, 0.25) is 0 Å². The summed E-state index contributed by atoms with van der Waals surface area (Å²) < 4.78 is 5.34. The van der Waals surface area contributed by atoms with Crippen LogP contribution in [-0.2, 0) is 4.74 Å². The van der Waals surface area contributed by atoms with Crippen molar-refractivity contribution in [3.8, 4) is 0 Å². The van der Waals surface area contributed by atoms with Crippen molar-refractivity contribution in [1.82, 2.24) is 20.2 Å². The first-order valence-corrected chi connectivity index (χ1v) is 7.69. The van der Waals surface area contributed by atoms with Gasteiger partial charge in [0.25, 0.3) is 5.56 Å². The van der Waals surface area contributed by atoms with Gasteiger partial charge in [-0.1, -0.05) is 0 Å². The van der Waals surface area contributed by atoms with Crippen LogP contribution >= 0.6 is 0 Å². The molecular formula is C15H26N4O2. The standard InChI is InChI=1S/C15H26N4O2/c1-11(14-12(2)17-13(3)18-15(14)20)16-5-4-6-19-7-9-21-10-8-19/h11,16H,4-10H2,1-3H3,(H,17,18,20). The molecular weight excluding hydrogens is 268 g/mol. The lowest BCUT2D eigenvalue weighted by Gasteiger charge is -2.26. The Morgan fingerprint density at radius 2 is 2.10 bits per heavy atom. The van der Waals surface area contributed by atoms with E-state index in [1.807, 2.05) is 13.8 Å². The first kappa shape index (κ1) is 16.1. The molecule has 1 aliphatic rings. The first-order chi connectivity index (χ1) is 10.1. The molecule has 118 valence electrons. The third kappa shape index (κ3) is 4.62. The molecule has 0 spiro atoms. The number of rotatable bonds is 6. The van der Waals surface area contributed by atoms with Crippen LogP contribution in [0, 0.1) is 13.8 Å². The van der Waals surface area contributed by atoms with E-state index >= 15 is 0 Å². The van der Waals surface area contributed by atoms with Crippen molar-refractivity contribution in [2.75, 3.05) is 39.4 Å².